The second-order valence-corrected chi connectivity index (χ2v) is 6.12. The van der Waals surface area contributed by atoms with Crippen LogP contribution in [0.1, 0.15) is 11.1 Å². The number of rotatable bonds is 6. The van der Waals surface area contributed by atoms with E-state index in [9.17, 15) is 4.79 Å². The Labute approximate surface area is 150 Å². The van der Waals surface area contributed by atoms with E-state index in [0.717, 1.165) is 15.6 Å². The van der Waals surface area contributed by atoms with Gasteiger partial charge in [-0.3, -0.25) is 4.79 Å². The minimum absolute atomic E-state index is 0.0764. The number of likely N-dealkylation sites (N-methyl/N-ethyl adjacent to an activating group) is 1. The zero-order valence-corrected chi connectivity index (χ0v) is 15.5. The van der Waals surface area contributed by atoms with E-state index in [0.29, 0.717) is 18.0 Å². The van der Waals surface area contributed by atoms with Crippen LogP contribution in [-0.4, -0.2) is 32.1 Å². The molecule has 0 radical (unpaired) electrons. The molecular formula is C19H20BrNO3. The summed E-state index contributed by atoms with van der Waals surface area (Å²) in [6.45, 7) is 0.534. The van der Waals surface area contributed by atoms with Crippen molar-refractivity contribution in [3.8, 4) is 11.5 Å². The van der Waals surface area contributed by atoms with Gasteiger partial charge in [0.25, 0.3) is 0 Å². The van der Waals surface area contributed by atoms with Crippen molar-refractivity contribution < 1.29 is 14.3 Å². The van der Waals surface area contributed by atoms with E-state index in [-0.39, 0.29) is 5.91 Å². The summed E-state index contributed by atoms with van der Waals surface area (Å²) in [5, 5.41) is 0. The Hall–Kier alpha value is -2.27. The van der Waals surface area contributed by atoms with E-state index in [1.807, 2.05) is 36.4 Å². The highest BCUT2D eigenvalue weighted by Crippen LogP contribution is 2.23. The second kappa shape index (κ2) is 8.55. The lowest BCUT2D eigenvalue weighted by Crippen LogP contribution is -2.24. The topological polar surface area (TPSA) is 38.8 Å². The minimum atomic E-state index is -0.0764. The van der Waals surface area contributed by atoms with Gasteiger partial charge in [-0.15, -0.1) is 0 Å². The number of methoxy groups -OCH3 is 2. The maximum atomic E-state index is 12.3. The number of benzene rings is 2. The SMILES string of the molecule is COc1cc(/C=C/C(=O)N(C)Cc2ccccc2Br)cc(OC)c1. The van der Waals surface area contributed by atoms with Crippen LogP contribution in [0, 0.1) is 0 Å². The van der Waals surface area contributed by atoms with Gasteiger partial charge in [0, 0.05) is 30.2 Å². The molecule has 2 rings (SSSR count). The summed E-state index contributed by atoms with van der Waals surface area (Å²) in [5.41, 5.74) is 1.90. The quantitative estimate of drug-likeness (QED) is 0.696. The third kappa shape index (κ3) is 4.86. The zero-order chi connectivity index (χ0) is 17.5. The highest BCUT2D eigenvalue weighted by atomic mass is 79.9. The van der Waals surface area contributed by atoms with Crippen LogP contribution in [0.25, 0.3) is 6.08 Å². The van der Waals surface area contributed by atoms with E-state index in [1.165, 1.54) is 0 Å². The lowest BCUT2D eigenvalue weighted by molar-refractivity contribution is -0.125. The molecule has 2 aromatic carbocycles. The Morgan fingerprint density at radius 1 is 1.12 bits per heavy atom. The fourth-order valence-electron chi connectivity index (χ4n) is 2.18. The first-order valence-electron chi connectivity index (χ1n) is 7.43. The molecule has 5 heteroatoms. The molecule has 0 spiro atoms. The number of halogens is 1. The molecule has 0 aliphatic carbocycles. The maximum Gasteiger partial charge on any atom is 0.246 e. The molecule has 4 nitrogen and oxygen atoms in total. The maximum absolute atomic E-state index is 12.3. The van der Waals surface area contributed by atoms with E-state index in [4.69, 9.17) is 9.47 Å². The Kier molecular flexibility index (Phi) is 6.44. The van der Waals surface area contributed by atoms with Crippen LogP contribution in [0.4, 0.5) is 0 Å². The van der Waals surface area contributed by atoms with Crippen molar-refractivity contribution in [2.75, 3.05) is 21.3 Å². The number of carbonyl (C=O) groups is 1. The lowest BCUT2D eigenvalue weighted by Gasteiger charge is -2.16. The smallest absolute Gasteiger partial charge is 0.246 e. The molecule has 0 aliphatic heterocycles. The molecule has 0 fully saturated rings. The molecule has 0 saturated carbocycles. The number of hydrogen-bond donors (Lipinski definition) is 0. The molecule has 0 aromatic heterocycles. The molecular weight excluding hydrogens is 370 g/mol. The van der Waals surface area contributed by atoms with Gasteiger partial charge in [-0.1, -0.05) is 34.1 Å². The van der Waals surface area contributed by atoms with Gasteiger partial charge in [-0.2, -0.15) is 0 Å². The van der Waals surface area contributed by atoms with Crippen molar-refractivity contribution in [3.63, 3.8) is 0 Å². The third-order valence-electron chi connectivity index (χ3n) is 3.53. The Morgan fingerprint density at radius 3 is 2.33 bits per heavy atom. The summed E-state index contributed by atoms with van der Waals surface area (Å²) in [6.07, 6.45) is 3.30. The summed E-state index contributed by atoms with van der Waals surface area (Å²) in [5.74, 6) is 1.29. The van der Waals surface area contributed by atoms with Gasteiger partial charge >= 0.3 is 0 Å². The fourth-order valence-corrected chi connectivity index (χ4v) is 2.59. The van der Waals surface area contributed by atoms with Crippen LogP contribution in [0.2, 0.25) is 0 Å². The molecule has 24 heavy (non-hydrogen) atoms. The standard InChI is InChI=1S/C19H20BrNO3/c1-21(13-15-6-4-5-7-18(15)20)19(22)9-8-14-10-16(23-2)12-17(11-14)24-3/h4-12H,13H2,1-3H3/b9-8+. The molecule has 0 unspecified atom stereocenters. The van der Waals surface area contributed by atoms with Crippen molar-refractivity contribution in [1.29, 1.82) is 0 Å². The Balaban J connectivity index is 2.08. The van der Waals surface area contributed by atoms with E-state index < -0.39 is 0 Å². The summed E-state index contributed by atoms with van der Waals surface area (Å²) in [7, 11) is 4.97. The molecule has 0 heterocycles. The van der Waals surface area contributed by atoms with Crippen molar-refractivity contribution >= 4 is 27.9 Å². The molecule has 2 aromatic rings. The number of hydrogen-bond acceptors (Lipinski definition) is 3. The minimum Gasteiger partial charge on any atom is -0.497 e. The van der Waals surface area contributed by atoms with Crippen molar-refractivity contribution in [1.82, 2.24) is 4.90 Å². The van der Waals surface area contributed by atoms with E-state index in [1.54, 1.807) is 44.4 Å². The first-order chi connectivity index (χ1) is 11.5. The summed E-state index contributed by atoms with van der Waals surface area (Å²) in [6, 6.07) is 13.3. The zero-order valence-electron chi connectivity index (χ0n) is 14.0. The molecule has 126 valence electrons. The van der Waals surface area contributed by atoms with Crippen LogP contribution in [0.15, 0.2) is 53.0 Å². The second-order valence-electron chi connectivity index (χ2n) is 5.27. The average molecular weight is 390 g/mol. The van der Waals surface area contributed by atoms with Crippen molar-refractivity contribution in [2.24, 2.45) is 0 Å². The number of nitrogens with zero attached hydrogens (tertiary/aromatic N) is 1. The van der Waals surface area contributed by atoms with Crippen LogP contribution in [-0.2, 0) is 11.3 Å². The number of carbonyl (C=O) groups excluding carboxylic acids is 1. The molecule has 0 aliphatic rings. The van der Waals surface area contributed by atoms with Crippen LogP contribution in [0.3, 0.4) is 0 Å². The number of amides is 1. The van der Waals surface area contributed by atoms with Crippen molar-refractivity contribution in [2.45, 2.75) is 6.54 Å². The summed E-state index contributed by atoms with van der Waals surface area (Å²) >= 11 is 3.50. The Morgan fingerprint density at radius 2 is 1.75 bits per heavy atom. The van der Waals surface area contributed by atoms with Gasteiger partial charge in [-0.25, -0.2) is 0 Å². The first-order valence-corrected chi connectivity index (χ1v) is 8.22. The fraction of sp³-hybridized carbons (Fsp3) is 0.211. The van der Waals surface area contributed by atoms with Gasteiger partial charge < -0.3 is 14.4 Å². The molecule has 0 N–H and O–H groups in total. The predicted octanol–water partition coefficient (Wildman–Crippen LogP) is 4.14. The first kappa shape index (κ1) is 18.1. The van der Waals surface area contributed by atoms with Gasteiger partial charge in [0.2, 0.25) is 5.91 Å². The molecule has 0 saturated heterocycles. The summed E-state index contributed by atoms with van der Waals surface area (Å²) in [4.78, 5) is 14.0. The number of ether oxygens (including phenoxy) is 2. The van der Waals surface area contributed by atoms with Crippen LogP contribution in [0.5, 0.6) is 11.5 Å². The normalized spacial score (nSPS) is 10.7. The van der Waals surface area contributed by atoms with Crippen LogP contribution < -0.4 is 9.47 Å². The molecule has 1 amide bonds. The van der Waals surface area contributed by atoms with Crippen molar-refractivity contribution in [3.05, 3.63) is 64.1 Å². The highest BCUT2D eigenvalue weighted by Gasteiger charge is 2.08. The Bertz CT molecular complexity index is 721. The monoisotopic (exact) mass is 389 g/mol. The lowest BCUT2D eigenvalue weighted by atomic mass is 10.1. The van der Waals surface area contributed by atoms with E-state index in [2.05, 4.69) is 15.9 Å². The van der Waals surface area contributed by atoms with Gasteiger partial charge in [-0.05, 0) is 35.4 Å². The van der Waals surface area contributed by atoms with E-state index >= 15 is 0 Å². The average Bonchev–Trinajstić information content (AvgIpc) is 2.61. The summed E-state index contributed by atoms with van der Waals surface area (Å²) < 4.78 is 11.5. The molecule has 0 atom stereocenters. The largest absolute Gasteiger partial charge is 0.497 e. The molecule has 0 bridgehead atoms. The van der Waals surface area contributed by atoms with Gasteiger partial charge in [0.15, 0.2) is 0 Å². The van der Waals surface area contributed by atoms with Gasteiger partial charge in [0.1, 0.15) is 11.5 Å². The third-order valence-corrected chi connectivity index (χ3v) is 4.31. The van der Waals surface area contributed by atoms with Crippen LogP contribution >= 0.6 is 15.9 Å². The highest BCUT2D eigenvalue weighted by molar-refractivity contribution is 9.10. The predicted molar refractivity (Wildman–Crippen MR) is 99.2 cm³/mol. The van der Waals surface area contributed by atoms with Gasteiger partial charge in [0.05, 0.1) is 14.2 Å².